The van der Waals surface area contributed by atoms with Gasteiger partial charge in [-0.15, -0.1) is 11.3 Å². The van der Waals surface area contributed by atoms with Gasteiger partial charge in [-0.3, -0.25) is 4.79 Å². The van der Waals surface area contributed by atoms with Gasteiger partial charge in [0, 0.05) is 17.3 Å². The van der Waals surface area contributed by atoms with Crippen LogP contribution in [0, 0.1) is 6.92 Å². The lowest BCUT2D eigenvalue weighted by atomic mass is 10.2. The van der Waals surface area contributed by atoms with Crippen molar-refractivity contribution in [1.29, 1.82) is 0 Å². The predicted octanol–water partition coefficient (Wildman–Crippen LogP) is 2.62. The lowest BCUT2D eigenvalue weighted by molar-refractivity contribution is 0.854. The fourth-order valence-corrected chi connectivity index (χ4v) is 2.85. The molecule has 18 heavy (non-hydrogen) atoms. The van der Waals surface area contributed by atoms with Crippen molar-refractivity contribution in [1.82, 2.24) is 14.6 Å². The van der Waals surface area contributed by atoms with Gasteiger partial charge in [0.25, 0.3) is 5.56 Å². The van der Waals surface area contributed by atoms with Crippen LogP contribution in [0.25, 0.3) is 16.2 Å². The Morgan fingerprint density at radius 3 is 3.00 bits per heavy atom. The highest BCUT2D eigenvalue weighted by Gasteiger charge is 2.11. The van der Waals surface area contributed by atoms with Crippen LogP contribution in [0.3, 0.4) is 0 Å². The minimum absolute atomic E-state index is 0.0138. The van der Waals surface area contributed by atoms with E-state index in [9.17, 15) is 4.79 Å². The minimum atomic E-state index is -0.0138. The van der Waals surface area contributed by atoms with Crippen molar-refractivity contribution in [3.05, 3.63) is 45.2 Å². The monoisotopic (exact) mass is 259 g/mol. The normalized spacial score (nSPS) is 11.2. The molecular formula is C13H13N3OS. The SMILES string of the molecule is CCc1c(C)n2nc(-c3cccs3)cc2[nH]c1=O. The molecule has 0 amide bonds. The van der Waals surface area contributed by atoms with Gasteiger partial charge in [-0.25, -0.2) is 4.52 Å². The first-order chi connectivity index (χ1) is 8.70. The number of hydrogen-bond acceptors (Lipinski definition) is 3. The molecule has 0 aromatic carbocycles. The second-order valence-electron chi connectivity index (χ2n) is 4.18. The molecule has 92 valence electrons. The largest absolute Gasteiger partial charge is 0.307 e. The number of aryl methyl sites for hydroxylation is 1. The van der Waals surface area contributed by atoms with Crippen LogP contribution in [0.4, 0.5) is 0 Å². The Morgan fingerprint density at radius 1 is 1.50 bits per heavy atom. The van der Waals surface area contributed by atoms with E-state index in [2.05, 4.69) is 10.1 Å². The Morgan fingerprint density at radius 2 is 2.33 bits per heavy atom. The summed E-state index contributed by atoms with van der Waals surface area (Å²) in [4.78, 5) is 15.9. The van der Waals surface area contributed by atoms with Crippen LogP contribution >= 0.6 is 11.3 Å². The molecule has 1 N–H and O–H groups in total. The number of thiophene rings is 1. The maximum atomic E-state index is 11.9. The summed E-state index contributed by atoms with van der Waals surface area (Å²) in [5.74, 6) is 0. The van der Waals surface area contributed by atoms with Crippen molar-refractivity contribution in [2.45, 2.75) is 20.3 Å². The molecule has 3 aromatic rings. The molecule has 0 spiro atoms. The highest BCUT2D eigenvalue weighted by atomic mass is 32.1. The summed E-state index contributed by atoms with van der Waals surface area (Å²) < 4.78 is 1.81. The summed E-state index contributed by atoms with van der Waals surface area (Å²) in [7, 11) is 0. The van der Waals surface area contributed by atoms with Crippen molar-refractivity contribution < 1.29 is 0 Å². The number of H-pyrrole nitrogens is 1. The van der Waals surface area contributed by atoms with Crippen LogP contribution < -0.4 is 5.56 Å². The second kappa shape index (κ2) is 4.10. The van der Waals surface area contributed by atoms with Crippen molar-refractivity contribution in [2.75, 3.05) is 0 Å². The zero-order valence-electron chi connectivity index (χ0n) is 10.2. The molecule has 3 aromatic heterocycles. The molecular weight excluding hydrogens is 246 g/mol. The van der Waals surface area contributed by atoms with E-state index in [-0.39, 0.29) is 5.56 Å². The van der Waals surface area contributed by atoms with E-state index in [0.29, 0.717) is 6.42 Å². The van der Waals surface area contributed by atoms with E-state index < -0.39 is 0 Å². The number of aromatic nitrogens is 3. The zero-order valence-corrected chi connectivity index (χ0v) is 11.0. The molecule has 0 radical (unpaired) electrons. The number of nitrogens with one attached hydrogen (secondary N) is 1. The molecule has 0 aliphatic rings. The predicted molar refractivity (Wildman–Crippen MR) is 73.2 cm³/mol. The molecule has 0 saturated heterocycles. The van der Waals surface area contributed by atoms with Gasteiger partial charge < -0.3 is 4.98 Å². The Kier molecular flexibility index (Phi) is 2.56. The first kappa shape index (κ1) is 11.2. The molecule has 0 aliphatic carbocycles. The molecule has 0 unspecified atom stereocenters. The molecule has 0 fully saturated rings. The number of rotatable bonds is 2. The number of nitrogens with zero attached hydrogens (tertiary/aromatic N) is 2. The Bertz CT molecular complexity index is 752. The summed E-state index contributed by atoms with van der Waals surface area (Å²) in [5, 5.41) is 6.58. The number of fused-ring (bicyclic) bond motifs is 1. The zero-order chi connectivity index (χ0) is 12.7. The smallest absolute Gasteiger partial charge is 0.254 e. The number of hydrogen-bond donors (Lipinski definition) is 1. The van der Waals surface area contributed by atoms with Crippen molar-refractivity contribution in [3.63, 3.8) is 0 Å². The molecule has 3 rings (SSSR count). The van der Waals surface area contributed by atoms with Crippen molar-refractivity contribution in [3.8, 4) is 10.6 Å². The van der Waals surface area contributed by atoms with Crippen LogP contribution in [-0.4, -0.2) is 14.6 Å². The van der Waals surface area contributed by atoms with Gasteiger partial charge in [0.2, 0.25) is 0 Å². The van der Waals surface area contributed by atoms with Crippen molar-refractivity contribution in [2.24, 2.45) is 0 Å². The Balaban J connectivity index is 2.30. The van der Waals surface area contributed by atoms with Crippen LogP contribution in [0.1, 0.15) is 18.2 Å². The fraction of sp³-hybridized carbons (Fsp3) is 0.231. The third kappa shape index (κ3) is 1.59. The first-order valence-electron chi connectivity index (χ1n) is 5.86. The molecule has 0 bridgehead atoms. The first-order valence-corrected chi connectivity index (χ1v) is 6.74. The minimum Gasteiger partial charge on any atom is -0.307 e. The van der Waals surface area contributed by atoms with Crippen LogP contribution in [-0.2, 0) is 6.42 Å². The summed E-state index contributed by atoms with van der Waals surface area (Å²) in [6.45, 7) is 3.92. The van der Waals surface area contributed by atoms with Gasteiger partial charge in [0.15, 0.2) is 0 Å². The highest BCUT2D eigenvalue weighted by Crippen LogP contribution is 2.24. The van der Waals surface area contributed by atoms with Gasteiger partial charge in [0.05, 0.1) is 4.88 Å². The van der Waals surface area contributed by atoms with E-state index in [4.69, 9.17) is 0 Å². The third-order valence-corrected chi connectivity index (χ3v) is 4.00. The second-order valence-corrected chi connectivity index (χ2v) is 5.12. The van der Waals surface area contributed by atoms with Crippen molar-refractivity contribution >= 4 is 17.0 Å². The average Bonchev–Trinajstić information content (AvgIpc) is 2.96. The summed E-state index contributed by atoms with van der Waals surface area (Å²) >= 11 is 1.64. The van der Waals surface area contributed by atoms with E-state index >= 15 is 0 Å². The molecule has 0 aliphatic heterocycles. The van der Waals surface area contributed by atoms with Gasteiger partial charge in [-0.2, -0.15) is 5.10 Å². The lowest BCUT2D eigenvalue weighted by Gasteiger charge is -2.03. The molecule has 0 saturated carbocycles. The Labute approximate surface area is 108 Å². The highest BCUT2D eigenvalue weighted by molar-refractivity contribution is 7.13. The summed E-state index contributed by atoms with van der Waals surface area (Å²) in [6, 6.07) is 5.94. The standard InChI is InChI=1S/C13H13N3OS/c1-3-9-8(2)16-12(14-13(9)17)7-10(15-16)11-5-4-6-18-11/h4-7H,3H2,1-2H3,(H,14,17). The van der Waals surface area contributed by atoms with Crippen LogP contribution in [0.2, 0.25) is 0 Å². The summed E-state index contributed by atoms with van der Waals surface area (Å²) in [6.07, 6.45) is 0.714. The lowest BCUT2D eigenvalue weighted by Crippen LogP contribution is -2.17. The maximum Gasteiger partial charge on any atom is 0.254 e. The average molecular weight is 259 g/mol. The van der Waals surface area contributed by atoms with E-state index in [0.717, 1.165) is 27.5 Å². The molecule has 5 heteroatoms. The van der Waals surface area contributed by atoms with Gasteiger partial charge in [-0.1, -0.05) is 13.0 Å². The van der Waals surface area contributed by atoms with Gasteiger partial charge in [0.1, 0.15) is 11.3 Å². The van der Waals surface area contributed by atoms with E-state index in [1.807, 2.05) is 41.9 Å². The summed E-state index contributed by atoms with van der Waals surface area (Å²) in [5.41, 5.74) is 3.35. The van der Waals surface area contributed by atoms with Crippen LogP contribution in [0.15, 0.2) is 28.4 Å². The number of aromatic amines is 1. The van der Waals surface area contributed by atoms with Gasteiger partial charge in [-0.05, 0) is 24.8 Å². The molecule has 3 heterocycles. The van der Waals surface area contributed by atoms with Crippen LogP contribution in [0.5, 0.6) is 0 Å². The molecule has 4 nitrogen and oxygen atoms in total. The Hall–Kier alpha value is -1.88. The fourth-order valence-electron chi connectivity index (χ4n) is 2.17. The third-order valence-electron chi connectivity index (χ3n) is 3.11. The topological polar surface area (TPSA) is 50.2 Å². The molecule has 0 atom stereocenters. The van der Waals surface area contributed by atoms with Gasteiger partial charge >= 0.3 is 0 Å². The maximum absolute atomic E-state index is 11.9. The van der Waals surface area contributed by atoms with E-state index in [1.54, 1.807) is 11.3 Å². The quantitative estimate of drug-likeness (QED) is 0.769. The van der Waals surface area contributed by atoms with E-state index in [1.165, 1.54) is 0 Å².